The molecule has 6 nitrogen and oxygen atoms in total. The first-order chi connectivity index (χ1) is 12.3. The van der Waals surface area contributed by atoms with Gasteiger partial charge in [0.15, 0.2) is 0 Å². The Labute approximate surface area is 157 Å². The summed E-state index contributed by atoms with van der Waals surface area (Å²) in [5.74, 6) is -1.80. The summed E-state index contributed by atoms with van der Waals surface area (Å²) in [6.45, 7) is 15.2. The summed E-state index contributed by atoms with van der Waals surface area (Å²) in [5.41, 5.74) is 0.503. The zero-order chi connectivity index (χ0) is 19.9. The van der Waals surface area contributed by atoms with Gasteiger partial charge >= 0.3 is 11.9 Å². The number of unbranched alkanes of at least 4 members (excludes halogenated alkanes) is 3. The van der Waals surface area contributed by atoms with Gasteiger partial charge in [-0.15, -0.1) is 0 Å². The van der Waals surface area contributed by atoms with E-state index in [9.17, 15) is 9.59 Å². The second kappa shape index (κ2) is 14.5. The van der Waals surface area contributed by atoms with Crippen LogP contribution in [0.1, 0.15) is 58.8 Å². The average Bonchev–Trinajstić information content (AvgIpc) is 3.47. The molecule has 1 unspecified atom stereocenters. The van der Waals surface area contributed by atoms with E-state index in [2.05, 4.69) is 25.0 Å². The molecule has 0 bridgehead atoms. The topological polar surface area (TPSA) is 90.1 Å². The first-order valence-corrected chi connectivity index (χ1v) is 9.41. The van der Waals surface area contributed by atoms with Crippen LogP contribution in [0.15, 0.2) is 24.3 Å². The molecule has 2 N–H and O–H groups in total. The van der Waals surface area contributed by atoms with Gasteiger partial charge in [0, 0.05) is 24.2 Å². The normalized spacial score (nSPS) is 17.1. The highest BCUT2D eigenvalue weighted by Crippen LogP contribution is 2.17. The van der Waals surface area contributed by atoms with Crippen LogP contribution in [0.2, 0.25) is 0 Å². The van der Waals surface area contributed by atoms with Gasteiger partial charge in [0.2, 0.25) is 0 Å². The number of hydrogen-bond donors (Lipinski definition) is 2. The Morgan fingerprint density at radius 2 is 1.65 bits per heavy atom. The van der Waals surface area contributed by atoms with Crippen molar-refractivity contribution < 1.29 is 24.5 Å². The number of rotatable bonds is 11. The van der Waals surface area contributed by atoms with Crippen LogP contribution in [0, 0.1) is 0 Å². The Balaban J connectivity index is 0.000000375. The van der Waals surface area contributed by atoms with E-state index in [1.54, 1.807) is 0 Å². The highest BCUT2D eigenvalue weighted by atomic mass is 16.6. The highest BCUT2D eigenvalue weighted by Gasteiger charge is 2.22. The summed E-state index contributed by atoms with van der Waals surface area (Å²) in [7, 11) is 0. The summed E-state index contributed by atoms with van der Waals surface area (Å²) < 4.78 is 5.12. The molecule has 0 aromatic carbocycles. The molecule has 2 rings (SSSR count). The van der Waals surface area contributed by atoms with Gasteiger partial charge in [-0.1, -0.05) is 32.9 Å². The molecule has 2 aliphatic heterocycles. The fourth-order valence-corrected chi connectivity index (χ4v) is 1.93. The lowest BCUT2D eigenvalue weighted by Gasteiger charge is -1.97. The van der Waals surface area contributed by atoms with Gasteiger partial charge in [0.1, 0.15) is 0 Å². The minimum absolute atomic E-state index is 0.176. The van der Waals surface area contributed by atoms with Crippen LogP contribution in [0.25, 0.3) is 0 Å². The summed E-state index contributed by atoms with van der Waals surface area (Å²) in [4.78, 5) is 22.3. The van der Waals surface area contributed by atoms with Crippen molar-refractivity contribution in [3.8, 4) is 0 Å². The van der Waals surface area contributed by atoms with Gasteiger partial charge in [0.05, 0.1) is 12.7 Å². The Hall–Kier alpha value is -1.66. The second-order valence-corrected chi connectivity index (χ2v) is 6.74. The standard InChI is InChI=1S/C8H15NO.C8H14O2.C4H6O2/c1(3-8-7-10-8)2-4-9-5-6-9;1-3-4-5-6-7(2)8(9)10;1-3(2)4(5)6/h8H,1-7H2;2-6H2,1H3,(H,9,10);1H2,2H3,(H,5,6). The molecule has 0 saturated carbocycles. The van der Waals surface area contributed by atoms with Gasteiger partial charge in [-0.2, -0.15) is 0 Å². The van der Waals surface area contributed by atoms with Crippen LogP contribution in [0.4, 0.5) is 0 Å². The van der Waals surface area contributed by atoms with Crippen molar-refractivity contribution >= 4 is 11.9 Å². The van der Waals surface area contributed by atoms with E-state index >= 15 is 0 Å². The number of carboxylic acids is 2. The van der Waals surface area contributed by atoms with Crippen molar-refractivity contribution in [3.05, 3.63) is 24.3 Å². The molecule has 1 atom stereocenters. The summed E-state index contributed by atoms with van der Waals surface area (Å²) in [6.07, 6.45) is 8.47. The smallest absolute Gasteiger partial charge is 0.330 e. The summed E-state index contributed by atoms with van der Waals surface area (Å²) >= 11 is 0. The molecule has 2 fully saturated rings. The minimum Gasteiger partial charge on any atom is -0.478 e. The number of ether oxygens (including phenoxy) is 1. The molecule has 0 aromatic heterocycles. The highest BCUT2D eigenvalue weighted by molar-refractivity contribution is 5.85. The lowest BCUT2D eigenvalue weighted by Crippen LogP contribution is -1.99. The molecule has 150 valence electrons. The number of carbonyl (C=O) groups is 2. The third kappa shape index (κ3) is 17.2. The van der Waals surface area contributed by atoms with Gasteiger partial charge < -0.3 is 19.8 Å². The lowest BCUT2D eigenvalue weighted by atomic mass is 10.1. The predicted molar refractivity (Wildman–Crippen MR) is 103 cm³/mol. The third-order valence-corrected chi connectivity index (χ3v) is 3.94. The minimum atomic E-state index is -0.935. The molecule has 0 amide bonds. The summed E-state index contributed by atoms with van der Waals surface area (Å²) in [6, 6.07) is 0. The lowest BCUT2D eigenvalue weighted by molar-refractivity contribution is -0.133. The molecular weight excluding hydrogens is 334 g/mol. The van der Waals surface area contributed by atoms with Crippen LogP contribution in [-0.4, -0.2) is 59.4 Å². The number of aliphatic carboxylic acids is 2. The maximum absolute atomic E-state index is 10.2. The fourth-order valence-electron chi connectivity index (χ4n) is 1.93. The molecule has 0 aromatic rings. The van der Waals surface area contributed by atoms with Crippen molar-refractivity contribution in [2.24, 2.45) is 0 Å². The Morgan fingerprint density at radius 3 is 2.04 bits per heavy atom. The SMILES string of the molecule is C(CCN1CC1)CC1CO1.C=C(C)C(=O)O.C=C(CCCCC)C(=O)O. The predicted octanol–water partition coefficient (Wildman–Crippen LogP) is 3.73. The zero-order valence-corrected chi connectivity index (χ0v) is 16.3. The number of carboxylic acid groups (broad SMARTS) is 2. The van der Waals surface area contributed by atoms with Crippen LogP contribution in [-0.2, 0) is 14.3 Å². The summed E-state index contributed by atoms with van der Waals surface area (Å²) in [5, 5.41) is 16.3. The maximum atomic E-state index is 10.2. The van der Waals surface area contributed by atoms with E-state index in [-0.39, 0.29) is 5.57 Å². The number of hydrogen-bond acceptors (Lipinski definition) is 4. The van der Waals surface area contributed by atoms with Crippen molar-refractivity contribution in [2.45, 2.75) is 64.9 Å². The maximum Gasteiger partial charge on any atom is 0.330 e. The van der Waals surface area contributed by atoms with Crippen LogP contribution >= 0.6 is 0 Å². The van der Waals surface area contributed by atoms with E-state index in [1.165, 1.54) is 45.8 Å². The number of nitrogens with zero attached hydrogens (tertiary/aromatic N) is 1. The van der Waals surface area contributed by atoms with E-state index in [1.807, 2.05) is 0 Å². The van der Waals surface area contributed by atoms with E-state index in [0.717, 1.165) is 25.9 Å². The van der Waals surface area contributed by atoms with Crippen molar-refractivity contribution in [1.29, 1.82) is 0 Å². The Morgan fingerprint density at radius 1 is 1.08 bits per heavy atom. The van der Waals surface area contributed by atoms with Gasteiger partial charge in [0.25, 0.3) is 0 Å². The van der Waals surface area contributed by atoms with Gasteiger partial charge in [-0.05, 0) is 45.6 Å². The molecule has 26 heavy (non-hydrogen) atoms. The first kappa shape index (κ1) is 24.3. The molecule has 6 heteroatoms. The van der Waals surface area contributed by atoms with Crippen molar-refractivity contribution in [2.75, 3.05) is 26.2 Å². The Kier molecular flexibility index (Phi) is 13.6. The third-order valence-electron chi connectivity index (χ3n) is 3.94. The van der Waals surface area contributed by atoms with Crippen LogP contribution in [0.5, 0.6) is 0 Å². The van der Waals surface area contributed by atoms with E-state index < -0.39 is 11.9 Å². The van der Waals surface area contributed by atoms with Crippen LogP contribution < -0.4 is 0 Å². The molecule has 0 aliphatic carbocycles. The van der Waals surface area contributed by atoms with Gasteiger partial charge in [-0.25, -0.2) is 9.59 Å². The molecule has 0 radical (unpaired) electrons. The van der Waals surface area contributed by atoms with Crippen molar-refractivity contribution in [3.63, 3.8) is 0 Å². The molecule has 2 aliphatic rings. The second-order valence-electron chi connectivity index (χ2n) is 6.74. The van der Waals surface area contributed by atoms with Crippen molar-refractivity contribution in [1.82, 2.24) is 4.90 Å². The molecule has 0 spiro atoms. The van der Waals surface area contributed by atoms with Crippen LogP contribution in [0.3, 0.4) is 0 Å². The largest absolute Gasteiger partial charge is 0.478 e. The fraction of sp³-hybridized carbons (Fsp3) is 0.700. The number of epoxide rings is 1. The Bertz CT molecular complexity index is 427. The van der Waals surface area contributed by atoms with E-state index in [0.29, 0.717) is 18.1 Å². The molecular formula is C20H35NO5. The quantitative estimate of drug-likeness (QED) is 0.328. The zero-order valence-electron chi connectivity index (χ0n) is 16.3. The van der Waals surface area contributed by atoms with E-state index in [4.69, 9.17) is 14.9 Å². The molecule has 2 saturated heterocycles. The monoisotopic (exact) mass is 369 g/mol. The first-order valence-electron chi connectivity index (χ1n) is 9.41. The van der Waals surface area contributed by atoms with Gasteiger partial charge in [-0.3, -0.25) is 0 Å². The molecule has 2 heterocycles. The average molecular weight is 370 g/mol.